The topological polar surface area (TPSA) is 55.8 Å². The van der Waals surface area contributed by atoms with Crippen LogP contribution in [0, 0.1) is 18.8 Å². The Labute approximate surface area is 186 Å². The Balaban J connectivity index is 1.39. The fourth-order valence-corrected chi connectivity index (χ4v) is 4.98. The zero-order valence-corrected chi connectivity index (χ0v) is 18.6. The van der Waals surface area contributed by atoms with Gasteiger partial charge in [-0.15, -0.1) is 0 Å². The molecule has 0 bridgehead atoms. The quantitative estimate of drug-likeness (QED) is 0.718. The van der Waals surface area contributed by atoms with Crippen LogP contribution in [0.2, 0.25) is 0 Å². The van der Waals surface area contributed by atoms with Gasteiger partial charge in [-0.25, -0.2) is 0 Å². The Morgan fingerprint density at radius 1 is 0.968 bits per heavy atom. The van der Waals surface area contributed by atoms with Gasteiger partial charge in [-0.2, -0.15) is 0 Å². The first-order chi connectivity index (χ1) is 15.0. The number of benzene rings is 2. The van der Waals surface area contributed by atoms with E-state index in [1.165, 1.54) is 37.1 Å². The summed E-state index contributed by atoms with van der Waals surface area (Å²) in [6.45, 7) is 8.78. The molecule has 0 spiro atoms. The number of nitrogens with one attached hydrogen (secondary N) is 1. The lowest BCUT2D eigenvalue weighted by molar-refractivity contribution is -0.127. The van der Waals surface area contributed by atoms with Crippen molar-refractivity contribution in [2.75, 3.05) is 32.7 Å². The molecule has 2 saturated heterocycles. The van der Waals surface area contributed by atoms with E-state index >= 15 is 0 Å². The van der Waals surface area contributed by atoms with Crippen LogP contribution in [0.15, 0.2) is 48.5 Å². The van der Waals surface area contributed by atoms with Crippen LogP contribution in [0.25, 0.3) is 0 Å². The average molecular weight is 422 g/mol. The summed E-state index contributed by atoms with van der Waals surface area (Å²) < 4.78 is 0. The van der Waals surface area contributed by atoms with Crippen molar-refractivity contribution in [3.8, 4) is 5.75 Å². The molecule has 2 aliphatic heterocycles. The second kappa shape index (κ2) is 10.3. The second-order valence-corrected chi connectivity index (χ2v) is 9.37. The first kappa shape index (κ1) is 21.8. The lowest BCUT2D eigenvalue weighted by Crippen LogP contribution is -2.48. The van der Waals surface area contributed by atoms with E-state index in [-0.39, 0.29) is 11.8 Å². The van der Waals surface area contributed by atoms with E-state index in [9.17, 15) is 9.90 Å². The van der Waals surface area contributed by atoms with E-state index in [1.807, 2.05) is 12.1 Å². The van der Waals surface area contributed by atoms with Gasteiger partial charge >= 0.3 is 0 Å². The largest absolute Gasteiger partial charge is 0.508 e. The summed E-state index contributed by atoms with van der Waals surface area (Å²) in [5.41, 5.74) is 3.56. The Hall–Kier alpha value is -2.37. The van der Waals surface area contributed by atoms with Crippen LogP contribution in [-0.4, -0.2) is 53.5 Å². The zero-order chi connectivity index (χ0) is 21.6. The third-order valence-electron chi connectivity index (χ3n) is 6.63. The molecule has 2 aromatic carbocycles. The molecule has 31 heavy (non-hydrogen) atoms. The molecule has 0 radical (unpaired) electrons. The number of hydrogen-bond acceptors (Lipinski definition) is 4. The number of piperidine rings is 1. The summed E-state index contributed by atoms with van der Waals surface area (Å²) >= 11 is 0. The van der Waals surface area contributed by atoms with Gasteiger partial charge < -0.3 is 15.3 Å². The molecule has 2 aliphatic rings. The predicted molar refractivity (Wildman–Crippen MR) is 124 cm³/mol. The molecule has 5 nitrogen and oxygen atoms in total. The molecule has 4 rings (SSSR count). The van der Waals surface area contributed by atoms with Crippen molar-refractivity contribution in [2.45, 2.75) is 39.3 Å². The number of nitrogens with zero attached hydrogens (tertiary/aromatic N) is 2. The summed E-state index contributed by atoms with van der Waals surface area (Å²) in [7, 11) is 0. The molecule has 2 heterocycles. The number of rotatable bonds is 7. The molecule has 2 fully saturated rings. The lowest BCUT2D eigenvalue weighted by atomic mass is 9.87. The number of likely N-dealkylation sites (tertiary alicyclic amines) is 2. The van der Waals surface area contributed by atoms with Crippen LogP contribution in [0.4, 0.5) is 0 Å². The van der Waals surface area contributed by atoms with Crippen LogP contribution in [0.5, 0.6) is 5.75 Å². The van der Waals surface area contributed by atoms with Gasteiger partial charge in [-0.1, -0.05) is 42.0 Å². The fourth-order valence-electron chi connectivity index (χ4n) is 4.98. The molecule has 2 aromatic rings. The Morgan fingerprint density at radius 2 is 1.65 bits per heavy atom. The van der Waals surface area contributed by atoms with E-state index in [2.05, 4.69) is 46.3 Å². The highest BCUT2D eigenvalue weighted by atomic mass is 16.3. The van der Waals surface area contributed by atoms with Crippen molar-refractivity contribution >= 4 is 5.91 Å². The molecule has 5 heteroatoms. The number of carbonyl (C=O) groups excluding carboxylic acids is 1. The van der Waals surface area contributed by atoms with Gasteiger partial charge in [0, 0.05) is 32.7 Å². The number of aromatic hydroxyl groups is 1. The highest BCUT2D eigenvalue weighted by molar-refractivity contribution is 5.79. The van der Waals surface area contributed by atoms with E-state index < -0.39 is 0 Å². The molecule has 0 aromatic heterocycles. The van der Waals surface area contributed by atoms with Crippen molar-refractivity contribution in [1.29, 1.82) is 0 Å². The molecule has 166 valence electrons. The van der Waals surface area contributed by atoms with Crippen LogP contribution in [-0.2, 0) is 17.9 Å². The third-order valence-corrected chi connectivity index (χ3v) is 6.63. The number of amides is 1. The van der Waals surface area contributed by atoms with E-state index in [1.54, 1.807) is 12.1 Å². The van der Waals surface area contributed by atoms with Crippen molar-refractivity contribution in [3.63, 3.8) is 0 Å². The van der Waals surface area contributed by atoms with Crippen molar-refractivity contribution in [2.24, 2.45) is 11.8 Å². The summed E-state index contributed by atoms with van der Waals surface area (Å²) in [5, 5.41) is 12.8. The van der Waals surface area contributed by atoms with Gasteiger partial charge in [0.1, 0.15) is 5.75 Å². The van der Waals surface area contributed by atoms with Crippen LogP contribution in [0.1, 0.15) is 36.0 Å². The molecule has 1 amide bonds. The third kappa shape index (κ3) is 6.31. The number of hydrogen-bond donors (Lipinski definition) is 2. The zero-order valence-electron chi connectivity index (χ0n) is 18.6. The van der Waals surface area contributed by atoms with Crippen molar-refractivity contribution in [3.05, 3.63) is 65.2 Å². The predicted octanol–water partition coefficient (Wildman–Crippen LogP) is 3.55. The maximum Gasteiger partial charge on any atom is 0.224 e. The number of carbonyl (C=O) groups is 1. The summed E-state index contributed by atoms with van der Waals surface area (Å²) in [5.74, 6) is 0.994. The van der Waals surface area contributed by atoms with Crippen LogP contribution < -0.4 is 5.32 Å². The Morgan fingerprint density at radius 3 is 2.35 bits per heavy atom. The van der Waals surface area contributed by atoms with E-state index in [4.69, 9.17) is 0 Å². The highest BCUT2D eigenvalue weighted by Gasteiger charge is 2.32. The molecular formula is C26H35N3O2. The molecule has 0 aliphatic carbocycles. The first-order valence-electron chi connectivity index (χ1n) is 11.6. The monoisotopic (exact) mass is 421 g/mol. The number of aryl methyl sites for hydroxylation is 1. The number of phenols is 1. The van der Waals surface area contributed by atoms with E-state index in [0.29, 0.717) is 18.2 Å². The highest BCUT2D eigenvalue weighted by Crippen LogP contribution is 2.26. The smallest absolute Gasteiger partial charge is 0.224 e. The minimum absolute atomic E-state index is 0.0175. The second-order valence-electron chi connectivity index (χ2n) is 9.37. The maximum absolute atomic E-state index is 13.1. The summed E-state index contributed by atoms with van der Waals surface area (Å²) in [6.07, 6.45) is 3.55. The minimum Gasteiger partial charge on any atom is -0.508 e. The first-order valence-corrected chi connectivity index (χ1v) is 11.6. The van der Waals surface area contributed by atoms with Gasteiger partial charge in [-0.05, 0) is 68.5 Å². The summed E-state index contributed by atoms with van der Waals surface area (Å²) in [4.78, 5) is 18.1. The molecule has 0 saturated carbocycles. The standard InChI is InChI=1S/C26H35N3O2/c1-20-4-6-21(7-5-20)15-27-26(31)24-14-23(17-28-12-2-3-13-28)18-29(19-24)16-22-8-10-25(30)11-9-22/h4-11,23-24,30H,2-3,12-19H2,1H3,(H,27,31)/t23-,24-/m1/s1. The van der Waals surface area contributed by atoms with Crippen LogP contribution in [0.3, 0.4) is 0 Å². The Bertz CT molecular complexity index is 844. The average Bonchev–Trinajstić information content (AvgIpc) is 3.27. The fraction of sp³-hybridized carbons (Fsp3) is 0.500. The van der Waals surface area contributed by atoms with Gasteiger partial charge in [0.25, 0.3) is 0 Å². The normalized spacial score (nSPS) is 22.5. The lowest BCUT2D eigenvalue weighted by Gasteiger charge is -2.38. The van der Waals surface area contributed by atoms with Gasteiger partial charge in [0.05, 0.1) is 5.92 Å². The summed E-state index contributed by atoms with van der Waals surface area (Å²) in [6, 6.07) is 15.8. The van der Waals surface area contributed by atoms with E-state index in [0.717, 1.165) is 38.2 Å². The molecule has 0 unspecified atom stereocenters. The van der Waals surface area contributed by atoms with Gasteiger partial charge in [0.15, 0.2) is 0 Å². The van der Waals surface area contributed by atoms with Gasteiger partial charge in [0.2, 0.25) is 5.91 Å². The van der Waals surface area contributed by atoms with Crippen LogP contribution >= 0.6 is 0 Å². The SMILES string of the molecule is Cc1ccc(CNC(=O)[C@@H]2C[C@H](CN3CCCC3)CN(Cc3ccc(O)cc3)C2)cc1. The van der Waals surface area contributed by atoms with Gasteiger partial charge in [-0.3, -0.25) is 9.69 Å². The Kier molecular flexibility index (Phi) is 7.25. The van der Waals surface area contributed by atoms with Crippen molar-refractivity contribution in [1.82, 2.24) is 15.1 Å². The number of phenolic OH excluding ortho intramolecular Hbond substituents is 1. The molecule has 2 N–H and O–H groups in total. The minimum atomic E-state index is 0.0175. The maximum atomic E-state index is 13.1. The van der Waals surface area contributed by atoms with Crippen molar-refractivity contribution < 1.29 is 9.90 Å². The molecule has 2 atom stereocenters. The molecular weight excluding hydrogens is 386 g/mol.